The monoisotopic (exact) mass is 194 g/mol. The van der Waals surface area contributed by atoms with E-state index < -0.39 is 0 Å². The van der Waals surface area contributed by atoms with Gasteiger partial charge in [0.1, 0.15) is 5.82 Å². The Morgan fingerprint density at radius 2 is 2.38 bits per heavy atom. The molecule has 0 atom stereocenters. The third kappa shape index (κ3) is 1.43. The third-order valence-electron chi connectivity index (χ3n) is 1.51. The molecule has 0 amide bonds. The summed E-state index contributed by atoms with van der Waals surface area (Å²) in [5.74, 6) is 0.380. The number of aromatic nitrogens is 3. The van der Waals surface area contributed by atoms with Crippen molar-refractivity contribution in [2.45, 2.75) is 0 Å². The van der Waals surface area contributed by atoms with Gasteiger partial charge in [-0.1, -0.05) is 11.3 Å². The highest BCUT2D eigenvalue weighted by Crippen LogP contribution is 2.22. The smallest absolute Gasteiger partial charge is 0.322 e. The molecule has 0 fully saturated rings. The molecule has 2 aromatic heterocycles. The van der Waals surface area contributed by atoms with Gasteiger partial charge in [-0.25, -0.2) is 10.1 Å². The minimum absolute atomic E-state index is 0.196. The largest absolute Gasteiger partial charge is 0.383 e. The molecule has 0 unspecified atom stereocenters. The molecule has 6 heteroatoms. The normalized spacial score (nSPS) is 10.2. The van der Waals surface area contributed by atoms with Gasteiger partial charge in [0.05, 0.1) is 5.56 Å². The Morgan fingerprint density at radius 1 is 1.54 bits per heavy atom. The van der Waals surface area contributed by atoms with Crippen molar-refractivity contribution in [3.8, 4) is 10.6 Å². The molecule has 0 saturated carbocycles. The fraction of sp³-hybridized carbons (Fsp3) is 0. The first-order chi connectivity index (χ1) is 6.27. The highest BCUT2D eigenvalue weighted by atomic mass is 32.1. The standard InChI is InChI=1S/C7H6N4OS/c8-5-4(2-1-3-9-5)6-10-11-7(12)13-6/h1-3H,(H2,8,9)(H,11,12). The molecule has 2 aromatic rings. The van der Waals surface area contributed by atoms with Crippen molar-refractivity contribution in [1.29, 1.82) is 0 Å². The molecule has 2 heterocycles. The first kappa shape index (κ1) is 7.93. The maximum absolute atomic E-state index is 10.8. The van der Waals surface area contributed by atoms with E-state index in [9.17, 15) is 4.79 Å². The zero-order valence-corrected chi connectivity index (χ0v) is 7.34. The summed E-state index contributed by atoms with van der Waals surface area (Å²) >= 11 is 1.01. The quantitative estimate of drug-likeness (QED) is 0.691. The van der Waals surface area contributed by atoms with Crippen LogP contribution in [0.3, 0.4) is 0 Å². The van der Waals surface area contributed by atoms with Crippen LogP contribution in [0.4, 0.5) is 5.82 Å². The van der Waals surface area contributed by atoms with E-state index >= 15 is 0 Å². The van der Waals surface area contributed by atoms with E-state index in [4.69, 9.17) is 5.73 Å². The van der Waals surface area contributed by atoms with Crippen LogP contribution >= 0.6 is 11.3 Å². The molecule has 0 radical (unpaired) electrons. The Morgan fingerprint density at radius 3 is 3.00 bits per heavy atom. The highest BCUT2D eigenvalue weighted by molar-refractivity contribution is 7.12. The van der Waals surface area contributed by atoms with Crippen LogP contribution in [-0.2, 0) is 0 Å². The Hall–Kier alpha value is -1.69. The minimum Gasteiger partial charge on any atom is -0.383 e. The van der Waals surface area contributed by atoms with Gasteiger partial charge in [0.2, 0.25) is 0 Å². The first-order valence-corrected chi connectivity index (χ1v) is 4.35. The summed E-state index contributed by atoms with van der Waals surface area (Å²) < 4.78 is 0. The van der Waals surface area contributed by atoms with Crippen LogP contribution in [0.2, 0.25) is 0 Å². The molecule has 0 aliphatic carbocycles. The lowest BCUT2D eigenvalue weighted by Gasteiger charge is -1.97. The third-order valence-corrected chi connectivity index (χ3v) is 2.29. The van der Waals surface area contributed by atoms with Crippen LogP contribution in [0.5, 0.6) is 0 Å². The van der Waals surface area contributed by atoms with Crippen molar-refractivity contribution in [3.05, 3.63) is 28.0 Å². The molecule has 0 saturated heterocycles. The molecule has 3 N–H and O–H groups in total. The number of anilines is 1. The van der Waals surface area contributed by atoms with Crippen molar-refractivity contribution in [2.75, 3.05) is 5.73 Å². The van der Waals surface area contributed by atoms with Gasteiger partial charge in [-0.3, -0.25) is 4.79 Å². The second kappa shape index (κ2) is 2.98. The number of nitrogens with two attached hydrogens (primary N) is 1. The maximum Gasteiger partial charge on any atom is 0.322 e. The Labute approximate surface area is 77.3 Å². The van der Waals surface area contributed by atoms with Crippen LogP contribution in [0.15, 0.2) is 23.1 Å². The van der Waals surface area contributed by atoms with Crippen molar-refractivity contribution in [3.63, 3.8) is 0 Å². The van der Waals surface area contributed by atoms with Gasteiger partial charge in [-0.05, 0) is 12.1 Å². The number of pyridine rings is 1. The van der Waals surface area contributed by atoms with E-state index in [0.717, 1.165) is 11.3 Å². The summed E-state index contributed by atoms with van der Waals surface area (Å²) in [5.41, 5.74) is 6.29. The Bertz CT molecular complexity index is 475. The lowest BCUT2D eigenvalue weighted by molar-refractivity contribution is 1.06. The molecule has 0 aromatic carbocycles. The van der Waals surface area contributed by atoms with Gasteiger partial charge in [0, 0.05) is 6.20 Å². The van der Waals surface area contributed by atoms with Gasteiger partial charge in [0.15, 0.2) is 5.01 Å². The van der Waals surface area contributed by atoms with Crippen molar-refractivity contribution >= 4 is 17.2 Å². The number of nitrogens with one attached hydrogen (secondary N) is 1. The number of hydrogen-bond acceptors (Lipinski definition) is 5. The predicted molar refractivity (Wildman–Crippen MR) is 50.4 cm³/mol. The summed E-state index contributed by atoms with van der Waals surface area (Å²) in [6.45, 7) is 0. The molecule has 13 heavy (non-hydrogen) atoms. The van der Waals surface area contributed by atoms with Crippen molar-refractivity contribution in [2.24, 2.45) is 0 Å². The van der Waals surface area contributed by atoms with Gasteiger partial charge in [-0.15, -0.1) is 0 Å². The zero-order chi connectivity index (χ0) is 9.26. The number of rotatable bonds is 1. The average Bonchev–Trinajstić information content (AvgIpc) is 2.53. The fourth-order valence-electron chi connectivity index (χ4n) is 0.943. The molecule has 0 aliphatic rings. The first-order valence-electron chi connectivity index (χ1n) is 3.54. The molecule has 2 rings (SSSR count). The van der Waals surface area contributed by atoms with Crippen molar-refractivity contribution < 1.29 is 0 Å². The molecule has 5 nitrogen and oxygen atoms in total. The summed E-state index contributed by atoms with van der Waals surface area (Å²) in [6.07, 6.45) is 1.59. The second-order valence-corrected chi connectivity index (χ2v) is 3.32. The summed E-state index contributed by atoms with van der Waals surface area (Å²) in [4.78, 5) is 14.5. The second-order valence-electron chi connectivity index (χ2n) is 2.35. The zero-order valence-electron chi connectivity index (χ0n) is 6.52. The molecular weight excluding hydrogens is 188 g/mol. The summed E-state index contributed by atoms with van der Waals surface area (Å²) in [5, 5.41) is 6.70. The average molecular weight is 194 g/mol. The Kier molecular flexibility index (Phi) is 1.82. The van der Waals surface area contributed by atoms with Gasteiger partial charge >= 0.3 is 4.87 Å². The molecule has 0 aliphatic heterocycles. The van der Waals surface area contributed by atoms with Crippen LogP contribution in [0.1, 0.15) is 0 Å². The number of hydrogen-bond donors (Lipinski definition) is 2. The number of nitrogen functional groups attached to an aromatic ring is 1. The van der Waals surface area contributed by atoms with Crippen LogP contribution in [-0.4, -0.2) is 15.2 Å². The molecule has 0 bridgehead atoms. The topological polar surface area (TPSA) is 84.7 Å². The van der Waals surface area contributed by atoms with E-state index in [0.29, 0.717) is 16.4 Å². The maximum atomic E-state index is 10.8. The van der Waals surface area contributed by atoms with Gasteiger partial charge in [0.25, 0.3) is 0 Å². The van der Waals surface area contributed by atoms with Crippen LogP contribution in [0.25, 0.3) is 10.6 Å². The molecular formula is C7H6N4OS. The number of nitrogens with zero attached hydrogens (tertiary/aromatic N) is 2. The van der Waals surface area contributed by atoms with E-state index in [1.54, 1.807) is 18.3 Å². The lowest BCUT2D eigenvalue weighted by Crippen LogP contribution is -1.92. The van der Waals surface area contributed by atoms with Gasteiger partial charge in [-0.2, -0.15) is 5.10 Å². The number of H-pyrrole nitrogens is 1. The van der Waals surface area contributed by atoms with E-state index in [1.165, 1.54) is 0 Å². The lowest BCUT2D eigenvalue weighted by atomic mass is 10.3. The molecule has 66 valence electrons. The van der Waals surface area contributed by atoms with E-state index in [-0.39, 0.29) is 4.87 Å². The van der Waals surface area contributed by atoms with Crippen molar-refractivity contribution in [1.82, 2.24) is 15.2 Å². The van der Waals surface area contributed by atoms with E-state index in [2.05, 4.69) is 15.2 Å². The van der Waals surface area contributed by atoms with Crippen LogP contribution in [0, 0.1) is 0 Å². The number of aromatic amines is 1. The van der Waals surface area contributed by atoms with Crippen LogP contribution < -0.4 is 10.6 Å². The molecule has 0 spiro atoms. The van der Waals surface area contributed by atoms with E-state index in [1.807, 2.05) is 0 Å². The Balaban J connectivity index is 2.58. The SMILES string of the molecule is Nc1ncccc1-c1n[nH]c(=O)s1. The fourth-order valence-corrected chi connectivity index (χ4v) is 1.58. The minimum atomic E-state index is -0.196. The predicted octanol–water partition coefficient (Wildman–Crippen LogP) is 0.476. The highest BCUT2D eigenvalue weighted by Gasteiger charge is 2.06. The summed E-state index contributed by atoms with van der Waals surface area (Å²) in [7, 11) is 0. The summed E-state index contributed by atoms with van der Waals surface area (Å²) in [6, 6.07) is 3.52. The van der Waals surface area contributed by atoms with Gasteiger partial charge < -0.3 is 5.73 Å².